The molecule has 1 aliphatic heterocycles. The second-order valence-corrected chi connectivity index (χ2v) is 5.33. The van der Waals surface area contributed by atoms with Gasteiger partial charge >= 0.3 is 0 Å². The Morgan fingerprint density at radius 1 is 1.39 bits per heavy atom. The summed E-state index contributed by atoms with van der Waals surface area (Å²) in [5.41, 5.74) is 1.08. The maximum Gasteiger partial charge on any atom is 0.246 e. The fourth-order valence-electron chi connectivity index (χ4n) is 2.28. The number of halogens is 1. The standard InChI is InChI=1S/C13H18BrN3O/c1-15-9-12-13(18)16(2)7-8-17(12)11-6-4-3-5-10(11)14/h3-6,12,15H,7-9H2,1-2H3. The van der Waals surface area contributed by atoms with Gasteiger partial charge in [-0.2, -0.15) is 0 Å². The molecule has 0 aliphatic carbocycles. The Kier molecular flexibility index (Phi) is 4.24. The van der Waals surface area contributed by atoms with E-state index >= 15 is 0 Å². The lowest BCUT2D eigenvalue weighted by Crippen LogP contribution is -2.59. The predicted octanol–water partition coefficient (Wildman–Crippen LogP) is 1.32. The number of nitrogens with one attached hydrogen (secondary N) is 1. The molecule has 98 valence electrons. The molecular formula is C13H18BrN3O. The topological polar surface area (TPSA) is 35.6 Å². The molecule has 4 nitrogen and oxygen atoms in total. The molecule has 1 heterocycles. The van der Waals surface area contributed by atoms with Crippen molar-refractivity contribution < 1.29 is 4.79 Å². The van der Waals surface area contributed by atoms with E-state index in [2.05, 4.69) is 26.1 Å². The van der Waals surface area contributed by atoms with Gasteiger partial charge in [-0.3, -0.25) is 4.79 Å². The number of likely N-dealkylation sites (N-methyl/N-ethyl adjacent to an activating group) is 2. The first-order chi connectivity index (χ1) is 8.65. The lowest BCUT2D eigenvalue weighted by molar-refractivity contribution is -0.132. The summed E-state index contributed by atoms with van der Waals surface area (Å²) in [4.78, 5) is 16.2. The van der Waals surface area contributed by atoms with E-state index in [4.69, 9.17) is 0 Å². The number of nitrogens with zero attached hydrogens (tertiary/aromatic N) is 2. The Bertz CT molecular complexity index is 438. The van der Waals surface area contributed by atoms with Crippen molar-refractivity contribution in [3.8, 4) is 0 Å². The second kappa shape index (κ2) is 5.71. The van der Waals surface area contributed by atoms with E-state index in [1.54, 1.807) is 4.90 Å². The lowest BCUT2D eigenvalue weighted by Gasteiger charge is -2.41. The smallest absolute Gasteiger partial charge is 0.246 e. The summed E-state index contributed by atoms with van der Waals surface area (Å²) >= 11 is 3.56. The van der Waals surface area contributed by atoms with Crippen LogP contribution < -0.4 is 10.2 Å². The Morgan fingerprint density at radius 3 is 2.78 bits per heavy atom. The van der Waals surface area contributed by atoms with Gasteiger partial charge in [0.05, 0.1) is 5.69 Å². The molecule has 0 saturated carbocycles. The van der Waals surface area contributed by atoms with Crippen LogP contribution in [0.1, 0.15) is 0 Å². The van der Waals surface area contributed by atoms with E-state index in [9.17, 15) is 4.79 Å². The molecule has 1 N–H and O–H groups in total. The summed E-state index contributed by atoms with van der Waals surface area (Å²) in [6.45, 7) is 2.28. The molecular weight excluding hydrogens is 294 g/mol. The van der Waals surface area contributed by atoms with Gasteiger partial charge in [0.15, 0.2) is 0 Å². The van der Waals surface area contributed by atoms with Crippen molar-refractivity contribution >= 4 is 27.5 Å². The van der Waals surface area contributed by atoms with Gasteiger partial charge in [-0.15, -0.1) is 0 Å². The largest absolute Gasteiger partial charge is 0.356 e. The number of carbonyl (C=O) groups is 1. The van der Waals surface area contributed by atoms with Crippen molar-refractivity contribution in [3.05, 3.63) is 28.7 Å². The van der Waals surface area contributed by atoms with Gasteiger partial charge in [0.25, 0.3) is 0 Å². The number of hydrogen-bond donors (Lipinski definition) is 1. The van der Waals surface area contributed by atoms with E-state index in [0.717, 1.165) is 23.2 Å². The first-order valence-corrected chi connectivity index (χ1v) is 6.85. The van der Waals surface area contributed by atoms with Gasteiger partial charge in [0.2, 0.25) is 5.91 Å². The van der Waals surface area contributed by atoms with Crippen LogP contribution in [0.2, 0.25) is 0 Å². The monoisotopic (exact) mass is 311 g/mol. The maximum absolute atomic E-state index is 12.2. The maximum atomic E-state index is 12.2. The Balaban J connectivity index is 2.30. The van der Waals surface area contributed by atoms with Gasteiger partial charge in [-0.1, -0.05) is 12.1 Å². The SMILES string of the molecule is CNCC1C(=O)N(C)CCN1c1ccccc1Br. The fourth-order valence-corrected chi connectivity index (χ4v) is 2.79. The highest BCUT2D eigenvalue weighted by molar-refractivity contribution is 9.10. The summed E-state index contributed by atoms with van der Waals surface area (Å²) in [5.74, 6) is 0.173. The first-order valence-electron chi connectivity index (χ1n) is 6.06. The molecule has 18 heavy (non-hydrogen) atoms. The van der Waals surface area contributed by atoms with Gasteiger partial charge in [-0.25, -0.2) is 0 Å². The summed E-state index contributed by atoms with van der Waals surface area (Å²) in [5, 5.41) is 3.10. The third-order valence-corrected chi connectivity index (χ3v) is 3.94. The molecule has 0 spiro atoms. The number of hydrogen-bond acceptors (Lipinski definition) is 3. The molecule has 5 heteroatoms. The van der Waals surface area contributed by atoms with Crippen molar-refractivity contribution in [1.29, 1.82) is 0 Å². The van der Waals surface area contributed by atoms with E-state index in [-0.39, 0.29) is 11.9 Å². The number of carbonyl (C=O) groups excluding carboxylic acids is 1. The number of piperazine rings is 1. The van der Waals surface area contributed by atoms with Crippen LogP contribution in [0.15, 0.2) is 28.7 Å². The molecule has 1 aliphatic rings. The van der Waals surface area contributed by atoms with Crippen LogP contribution in [0.5, 0.6) is 0 Å². The highest BCUT2D eigenvalue weighted by Crippen LogP contribution is 2.28. The quantitative estimate of drug-likeness (QED) is 0.914. The van der Waals surface area contributed by atoms with Crippen LogP contribution in [-0.2, 0) is 4.79 Å². The lowest BCUT2D eigenvalue weighted by atomic mass is 10.1. The molecule has 1 aromatic rings. The Morgan fingerprint density at radius 2 is 2.11 bits per heavy atom. The third-order valence-electron chi connectivity index (χ3n) is 3.27. The van der Waals surface area contributed by atoms with Gasteiger partial charge in [0, 0.05) is 31.2 Å². The average molecular weight is 312 g/mol. The minimum Gasteiger partial charge on any atom is -0.356 e. The van der Waals surface area contributed by atoms with E-state index in [0.29, 0.717) is 6.54 Å². The Labute approximate surface area is 116 Å². The number of anilines is 1. The fraction of sp³-hybridized carbons (Fsp3) is 0.462. The van der Waals surface area contributed by atoms with Crippen molar-refractivity contribution in [2.75, 3.05) is 38.6 Å². The van der Waals surface area contributed by atoms with Crippen LogP contribution in [0.3, 0.4) is 0 Å². The van der Waals surface area contributed by atoms with Crippen molar-refractivity contribution in [2.24, 2.45) is 0 Å². The number of para-hydroxylation sites is 1. The third kappa shape index (κ3) is 2.52. The normalized spacial score (nSPS) is 20.4. The van der Waals surface area contributed by atoms with Crippen molar-refractivity contribution in [1.82, 2.24) is 10.2 Å². The van der Waals surface area contributed by atoms with Crippen LogP contribution >= 0.6 is 15.9 Å². The van der Waals surface area contributed by atoms with Gasteiger partial charge in [0.1, 0.15) is 6.04 Å². The zero-order valence-electron chi connectivity index (χ0n) is 10.7. The number of benzene rings is 1. The van der Waals surface area contributed by atoms with Crippen LogP contribution in [0.25, 0.3) is 0 Å². The molecule has 2 rings (SSSR count). The summed E-state index contributed by atoms with van der Waals surface area (Å²) < 4.78 is 1.03. The summed E-state index contributed by atoms with van der Waals surface area (Å²) in [6.07, 6.45) is 0. The van der Waals surface area contributed by atoms with Gasteiger partial charge in [-0.05, 0) is 35.1 Å². The number of rotatable bonds is 3. The van der Waals surface area contributed by atoms with Crippen LogP contribution in [0.4, 0.5) is 5.69 Å². The molecule has 1 atom stereocenters. The molecule has 1 unspecified atom stereocenters. The van der Waals surface area contributed by atoms with Gasteiger partial charge < -0.3 is 15.1 Å². The summed E-state index contributed by atoms with van der Waals surface area (Å²) in [7, 11) is 3.74. The first kappa shape index (κ1) is 13.4. The minimum absolute atomic E-state index is 0.132. The molecule has 0 aromatic heterocycles. The van der Waals surface area contributed by atoms with E-state index in [1.165, 1.54) is 0 Å². The molecule has 1 saturated heterocycles. The average Bonchev–Trinajstić information content (AvgIpc) is 2.37. The highest BCUT2D eigenvalue weighted by atomic mass is 79.9. The molecule has 1 aromatic carbocycles. The zero-order valence-corrected chi connectivity index (χ0v) is 12.3. The van der Waals surface area contributed by atoms with Crippen LogP contribution in [0, 0.1) is 0 Å². The molecule has 1 amide bonds. The molecule has 1 fully saturated rings. The zero-order chi connectivity index (χ0) is 13.1. The van der Waals surface area contributed by atoms with Crippen molar-refractivity contribution in [3.63, 3.8) is 0 Å². The Hall–Kier alpha value is -1.07. The predicted molar refractivity (Wildman–Crippen MR) is 76.8 cm³/mol. The van der Waals surface area contributed by atoms with E-state index < -0.39 is 0 Å². The van der Waals surface area contributed by atoms with E-state index in [1.807, 2.05) is 38.4 Å². The minimum atomic E-state index is -0.132. The molecule has 0 bridgehead atoms. The number of amides is 1. The van der Waals surface area contributed by atoms with Crippen molar-refractivity contribution in [2.45, 2.75) is 6.04 Å². The summed E-state index contributed by atoms with van der Waals surface area (Å²) in [6, 6.07) is 7.91. The second-order valence-electron chi connectivity index (χ2n) is 4.48. The molecule has 0 radical (unpaired) electrons. The van der Waals surface area contributed by atoms with Crippen LogP contribution in [-0.4, -0.2) is 50.6 Å². The highest BCUT2D eigenvalue weighted by Gasteiger charge is 2.33.